The number of aryl methyl sites for hydroxylation is 2. The quantitative estimate of drug-likeness (QED) is 0.656. The van der Waals surface area contributed by atoms with E-state index in [1.807, 2.05) is 36.4 Å². The first-order valence-electron chi connectivity index (χ1n) is 9.40. The summed E-state index contributed by atoms with van der Waals surface area (Å²) in [6.45, 7) is 1.87. The molecule has 2 aromatic rings. The summed E-state index contributed by atoms with van der Waals surface area (Å²) in [5.41, 5.74) is 2.60. The molecule has 1 heterocycles. The average Bonchev–Trinajstić information content (AvgIpc) is 3.16. The molecule has 0 bridgehead atoms. The second-order valence-electron chi connectivity index (χ2n) is 7.25. The lowest BCUT2D eigenvalue weighted by molar-refractivity contribution is -0.131. The number of ketones is 1. The minimum atomic E-state index is -1.01. The molecule has 2 aromatic carbocycles. The van der Waals surface area contributed by atoms with Gasteiger partial charge in [0.25, 0.3) is 5.91 Å². The Bertz CT molecular complexity index is 919. The molecule has 138 valence electrons. The molecule has 5 nitrogen and oxygen atoms in total. The lowest BCUT2D eigenvalue weighted by Gasteiger charge is -2.22. The van der Waals surface area contributed by atoms with Crippen LogP contribution >= 0.6 is 0 Å². The summed E-state index contributed by atoms with van der Waals surface area (Å²) in [4.78, 5) is 39.3. The molecule has 1 saturated heterocycles. The van der Waals surface area contributed by atoms with Crippen LogP contribution in [0.15, 0.2) is 48.5 Å². The summed E-state index contributed by atoms with van der Waals surface area (Å²) < 4.78 is 0. The zero-order chi connectivity index (χ0) is 19.0. The molecule has 0 aromatic heterocycles. The lowest BCUT2D eigenvalue weighted by Crippen LogP contribution is -2.42. The second kappa shape index (κ2) is 6.65. The predicted molar refractivity (Wildman–Crippen MR) is 101 cm³/mol. The van der Waals surface area contributed by atoms with Crippen LogP contribution in [0.1, 0.15) is 46.8 Å². The highest BCUT2D eigenvalue weighted by atomic mass is 16.2. The number of carbonyl (C=O) groups excluding carboxylic acids is 3. The summed E-state index contributed by atoms with van der Waals surface area (Å²) in [7, 11) is 0. The largest absolute Gasteiger partial charge is 0.325 e. The van der Waals surface area contributed by atoms with Gasteiger partial charge in [0.05, 0.1) is 6.54 Å². The van der Waals surface area contributed by atoms with Gasteiger partial charge in [0.2, 0.25) is 0 Å². The standard InChI is InChI=1S/C22H22N2O3/c1-2-5-15-8-10-17(11-9-15)19(25)14-24-20(26)22(23-21(24)27)13-12-16-6-3-4-7-18(16)22/h3-4,6-11H,2,5,12-14H2,1H3,(H,23,27). The third-order valence-electron chi connectivity index (χ3n) is 5.54. The number of urea groups is 1. The monoisotopic (exact) mass is 362 g/mol. The van der Waals surface area contributed by atoms with Gasteiger partial charge in [-0.05, 0) is 36.0 Å². The van der Waals surface area contributed by atoms with Gasteiger partial charge < -0.3 is 5.32 Å². The van der Waals surface area contributed by atoms with Gasteiger partial charge in [-0.15, -0.1) is 0 Å². The van der Waals surface area contributed by atoms with Crippen molar-refractivity contribution < 1.29 is 14.4 Å². The summed E-state index contributed by atoms with van der Waals surface area (Å²) in [6.07, 6.45) is 3.28. The van der Waals surface area contributed by atoms with E-state index < -0.39 is 11.6 Å². The van der Waals surface area contributed by atoms with Crippen LogP contribution in [0, 0.1) is 0 Å². The van der Waals surface area contributed by atoms with E-state index in [1.165, 1.54) is 5.56 Å². The molecular weight excluding hydrogens is 340 g/mol. The van der Waals surface area contributed by atoms with Crippen LogP contribution in [0.5, 0.6) is 0 Å². The van der Waals surface area contributed by atoms with Crippen LogP contribution in [0.2, 0.25) is 0 Å². The van der Waals surface area contributed by atoms with Gasteiger partial charge in [-0.3, -0.25) is 14.5 Å². The van der Waals surface area contributed by atoms with Gasteiger partial charge in [-0.25, -0.2) is 4.79 Å². The topological polar surface area (TPSA) is 66.5 Å². The maximum absolute atomic E-state index is 13.1. The fourth-order valence-corrected chi connectivity index (χ4v) is 4.11. The Morgan fingerprint density at radius 2 is 1.85 bits per heavy atom. The first-order valence-corrected chi connectivity index (χ1v) is 9.40. The van der Waals surface area contributed by atoms with Crippen molar-refractivity contribution in [3.63, 3.8) is 0 Å². The molecule has 1 aliphatic carbocycles. The number of fused-ring (bicyclic) bond motifs is 2. The molecule has 0 radical (unpaired) electrons. The molecular formula is C22H22N2O3. The van der Waals surface area contributed by atoms with E-state index in [1.54, 1.807) is 12.1 Å². The SMILES string of the molecule is CCCc1ccc(C(=O)CN2C(=O)NC3(CCc4ccccc43)C2=O)cc1. The van der Waals surface area contributed by atoms with Crippen LogP contribution in [-0.4, -0.2) is 29.2 Å². The third kappa shape index (κ3) is 2.83. The Morgan fingerprint density at radius 1 is 1.11 bits per heavy atom. The summed E-state index contributed by atoms with van der Waals surface area (Å²) in [6, 6.07) is 14.6. The summed E-state index contributed by atoms with van der Waals surface area (Å²) in [5.74, 6) is -0.557. The van der Waals surface area contributed by atoms with Crippen molar-refractivity contribution in [1.82, 2.24) is 10.2 Å². The van der Waals surface area contributed by atoms with E-state index in [2.05, 4.69) is 12.2 Å². The number of benzene rings is 2. The number of rotatable bonds is 5. The fraction of sp³-hybridized carbons (Fsp3) is 0.318. The number of carbonyl (C=O) groups is 3. The highest BCUT2D eigenvalue weighted by molar-refractivity contribution is 6.11. The predicted octanol–water partition coefficient (Wildman–Crippen LogP) is 3.22. The van der Waals surface area contributed by atoms with Crippen molar-refractivity contribution in [3.05, 3.63) is 70.8 Å². The Hall–Kier alpha value is -2.95. The number of nitrogens with zero attached hydrogens (tertiary/aromatic N) is 1. The zero-order valence-electron chi connectivity index (χ0n) is 15.3. The van der Waals surface area contributed by atoms with E-state index >= 15 is 0 Å². The average molecular weight is 362 g/mol. The second-order valence-corrected chi connectivity index (χ2v) is 7.25. The molecule has 4 rings (SSSR count). The number of amides is 3. The fourth-order valence-electron chi connectivity index (χ4n) is 4.11. The van der Waals surface area contributed by atoms with Crippen molar-refractivity contribution in [2.75, 3.05) is 6.54 Å². The first kappa shape index (κ1) is 17.5. The highest BCUT2D eigenvalue weighted by Gasteiger charge is 2.55. The summed E-state index contributed by atoms with van der Waals surface area (Å²) >= 11 is 0. The van der Waals surface area contributed by atoms with Gasteiger partial charge in [-0.1, -0.05) is 61.9 Å². The molecule has 0 saturated carbocycles. The number of nitrogens with one attached hydrogen (secondary N) is 1. The Labute approximate surface area is 158 Å². The zero-order valence-corrected chi connectivity index (χ0v) is 15.3. The maximum atomic E-state index is 13.1. The minimum absolute atomic E-state index is 0.232. The van der Waals surface area contributed by atoms with Crippen molar-refractivity contribution in [2.45, 2.75) is 38.1 Å². The molecule has 2 aliphatic rings. The Kier molecular flexibility index (Phi) is 4.30. The molecule has 1 unspecified atom stereocenters. The van der Waals surface area contributed by atoms with E-state index in [4.69, 9.17) is 0 Å². The third-order valence-corrected chi connectivity index (χ3v) is 5.54. The molecule has 5 heteroatoms. The van der Waals surface area contributed by atoms with E-state index in [-0.39, 0.29) is 18.2 Å². The minimum Gasteiger partial charge on any atom is -0.319 e. The van der Waals surface area contributed by atoms with Gasteiger partial charge in [0, 0.05) is 5.56 Å². The van der Waals surface area contributed by atoms with Crippen molar-refractivity contribution in [2.24, 2.45) is 0 Å². The van der Waals surface area contributed by atoms with E-state index in [9.17, 15) is 14.4 Å². The molecule has 1 atom stereocenters. The molecule has 1 aliphatic heterocycles. The first-order chi connectivity index (χ1) is 13.0. The van der Waals surface area contributed by atoms with Crippen LogP contribution in [0.3, 0.4) is 0 Å². The number of hydrogen-bond acceptors (Lipinski definition) is 3. The molecule has 1 N–H and O–H groups in total. The normalized spacial score (nSPS) is 20.9. The molecule has 3 amide bonds. The highest BCUT2D eigenvalue weighted by Crippen LogP contribution is 2.41. The van der Waals surface area contributed by atoms with Crippen molar-refractivity contribution in [1.29, 1.82) is 0 Å². The number of hydrogen-bond donors (Lipinski definition) is 1. The number of Topliss-reactive ketones (excluding diaryl/α,β-unsaturated/α-hetero) is 1. The van der Waals surface area contributed by atoms with Crippen molar-refractivity contribution in [3.8, 4) is 0 Å². The molecule has 1 fully saturated rings. The smallest absolute Gasteiger partial charge is 0.319 e. The van der Waals surface area contributed by atoms with Gasteiger partial charge in [0.15, 0.2) is 5.78 Å². The lowest BCUT2D eigenvalue weighted by atomic mass is 9.92. The van der Waals surface area contributed by atoms with Crippen LogP contribution < -0.4 is 5.32 Å². The Morgan fingerprint density at radius 3 is 2.59 bits per heavy atom. The maximum Gasteiger partial charge on any atom is 0.325 e. The van der Waals surface area contributed by atoms with Gasteiger partial charge >= 0.3 is 6.03 Å². The Balaban J connectivity index is 1.54. The van der Waals surface area contributed by atoms with Crippen LogP contribution in [0.4, 0.5) is 4.79 Å². The van der Waals surface area contributed by atoms with Crippen LogP contribution in [-0.2, 0) is 23.2 Å². The van der Waals surface area contributed by atoms with Crippen LogP contribution in [0.25, 0.3) is 0 Å². The summed E-state index contributed by atoms with van der Waals surface area (Å²) in [5, 5.41) is 2.85. The van der Waals surface area contributed by atoms with Gasteiger partial charge in [0.1, 0.15) is 5.54 Å². The molecule has 27 heavy (non-hydrogen) atoms. The number of imide groups is 1. The van der Waals surface area contributed by atoms with Gasteiger partial charge in [-0.2, -0.15) is 0 Å². The van der Waals surface area contributed by atoms with E-state index in [0.717, 1.165) is 35.3 Å². The van der Waals surface area contributed by atoms with E-state index in [0.29, 0.717) is 12.0 Å². The van der Waals surface area contributed by atoms with Crippen molar-refractivity contribution >= 4 is 17.7 Å². The molecule has 1 spiro atoms.